The first-order valence-corrected chi connectivity index (χ1v) is 27.2. The first-order valence-electron chi connectivity index (χ1n) is 24.7. The van der Waals surface area contributed by atoms with E-state index >= 15 is 0 Å². The zero-order valence-electron chi connectivity index (χ0n) is 44.6. The van der Waals surface area contributed by atoms with E-state index in [9.17, 15) is 0 Å². The Bertz CT molecular complexity index is 2630. The second-order valence-corrected chi connectivity index (χ2v) is 22.4. The first-order chi connectivity index (χ1) is 32.8. The van der Waals surface area contributed by atoms with Crippen LogP contribution in [0.5, 0.6) is 0 Å². The Morgan fingerprint density at radius 3 is 1.35 bits per heavy atom. The minimum Gasteiger partial charge on any atom is -0.663 e. The SMILES string of the molecule is CC(C)[N-]C([N-]C(C)C)N(C(C)C)C(C)C.CC(C)[N-]C([N-]C(C)C)N(C(C)C)C(C)C.[Ir+3].[Ir+3].[c-]1c(-c2nccc3sccc23)sc2ccccc12.[c-]1cc2ccccc2cc1-c1nccc2sccc12. The average molecular weight is 1370 g/mol. The third-order valence-electron chi connectivity index (χ3n) is 10.9. The minimum absolute atomic E-state index is 0. The van der Waals surface area contributed by atoms with E-state index in [4.69, 9.17) is 21.3 Å². The van der Waals surface area contributed by atoms with E-state index in [0.29, 0.717) is 48.3 Å². The normalized spacial score (nSPS) is 11.8. The smallest absolute Gasteiger partial charge is 0.663 e. The van der Waals surface area contributed by atoms with Crippen LogP contribution < -0.4 is 0 Å². The Kier molecular flexibility index (Phi) is 26.8. The van der Waals surface area contributed by atoms with Crippen molar-refractivity contribution in [3.8, 4) is 21.8 Å². The topological polar surface area (TPSA) is 88.7 Å². The van der Waals surface area contributed by atoms with Gasteiger partial charge in [0.2, 0.25) is 0 Å². The summed E-state index contributed by atoms with van der Waals surface area (Å²) in [6, 6.07) is 39.3. The van der Waals surface area contributed by atoms with Crippen molar-refractivity contribution >= 4 is 75.0 Å². The van der Waals surface area contributed by atoms with Crippen LogP contribution in [0.15, 0.2) is 108 Å². The van der Waals surface area contributed by atoms with Crippen LogP contribution in [0.2, 0.25) is 0 Å². The molecule has 3 aromatic carbocycles. The Hall–Kier alpha value is -2.84. The van der Waals surface area contributed by atoms with E-state index in [1.54, 1.807) is 34.0 Å². The van der Waals surface area contributed by atoms with Gasteiger partial charge in [-0.15, -0.1) is 99.6 Å². The molecule has 8 aromatic rings. The van der Waals surface area contributed by atoms with Gasteiger partial charge in [-0.3, -0.25) is 0 Å². The van der Waals surface area contributed by atoms with Crippen molar-refractivity contribution in [2.45, 2.75) is 172 Å². The minimum atomic E-state index is -0.000000000000000444. The molecule has 0 saturated carbocycles. The second-order valence-electron chi connectivity index (χ2n) is 19.4. The number of fused-ring (bicyclic) bond motifs is 4. The maximum Gasteiger partial charge on any atom is 3.00 e. The van der Waals surface area contributed by atoms with Gasteiger partial charge in [0, 0.05) is 51.7 Å². The van der Waals surface area contributed by atoms with Gasteiger partial charge < -0.3 is 41.0 Å². The summed E-state index contributed by atoms with van der Waals surface area (Å²) in [5, 5.41) is 29.1. The number of benzene rings is 3. The van der Waals surface area contributed by atoms with Crippen molar-refractivity contribution in [2.24, 2.45) is 0 Å². The third-order valence-corrected chi connectivity index (χ3v) is 13.7. The van der Waals surface area contributed by atoms with Gasteiger partial charge in [0.25, 0.3) is 0 Å². The van der Waals surface area contributed by atoms with Crippen molar-refractivity contribution in [3.05, 3.63) is 141 Å². The fourth-order valence-electron chi connectivity index (χ4n) is 8.18. The summed E-state index contributed by atoms with van der Waals surface area (Å²) in [6.45, 7) is 34.6. The summed E-state index contributed by atoms with van der Waals surface area (Å²) in [7, 11) is 0. The molecule has 0 saturated heterocycles. The third kappa shape index (κ3) is 18.5. The van der Waals surface area contributed by atoms with Gasteiger partial charge in [-0.1, -0.05) is 109 Å². The first kappa shape index (κ1) is 62.5. The number of hydrogen-bond acceptors (Lipinski definition) is 7. The van der Waals surface area contributed by atoms with Crippen molar-refractivity contribution < 1.29 is 40.2 Å². The molecule has 0 spiro atoms. The fraction of sp³-hybridized carbons (Fsp3) is 0.448. The average Bonchev–Trinajstić information content (AvgIpc) is 4.06. The molecule has 5 aromatic heterocycles. The zero-order valence-corrected chi connectivity index (χ0v) is 51.9. The predicted molar refractivity (Wildman–Crippen MR) is 306 cm³/mol. The summed E-state index contributed by atoms with van der Waals surface area (Å²) in [4.78, 5) is 14.9. The second kappa shape index (κ2) is 30.5. The molecule has 0 amide bonds. The largest absolute Gasteiger partial charge is 3.00 e. The number of pyridine rings is 2. The number of thiophene rings is 3. The van der Waals surface area contributed by atoms with Gasteiger partial charge in [-0.05, 0) is 104 Å². The van der Waals surface area contributed by atoms with Crippen molar-refractivity contribution in [3.63, 3.8) is 0 Å². The molecule has 0 N–H and O–H groups in total. The predicted octanol–water partition coefficient (Wildman–Crippen LogP) is 17.8. The summed E-state index contributed by atoms with van der Waals surface area (Å²) < 4.78 is 3.82. The van der Waals surface area contributed by atoms with Crippen LogP contribution in [0.3, 0.4) is 0 Å². The number of aromatic nitrogens is 2. The van der Waals surface area contributed by atoms with Crippen LogP contribution in [-0.4, -0.2) is 80.7 Å². The molecular formula is C58H76Ir2N8S3. The maximum absolute atomic E-state index is 4.72. The van der Waals surface area contributed by atoms with Crippen molar-refractivity contribution in [2.75, 3.05) is 0 Å². The quantitative estimate of drug-likeness (QED) is 0.0902. The van der Waals surface area contributed by atoms with E-state index in [-0.39, 0.29) is 52.8 Å². The number of rotatable bonds is 16. The molecule has 0 aliphatic carbocycles. The van der Waals surface area contributed by atoms with Crippen LogP contribution in [0.4, 0.5) is 0 Å². The van der Waals surface area contributed by atoms with Crippen LogP contribution in [0.25, 0.3) is 84.1 Å². The Labute approximate surface area is 466 Å². The molecule has 0 aliphatic heterocycles. The Morgan fingerprint density at radius 1 is 0.479 bits per heavy atom. The van der Waals surface area contributed by atoms with Gasteiger partial charge in [-0.2, -0.15) is 12.6 Å². The summed E-state index contributed by atoms with van der Waals surface area (Å²) in [5.41, 5.74) is 3.13. The molecule has 384 valence electrons. The molecule has 0 unspecified atom stereocenters. The maximum atomic E-state index is 4.72. The van der Waals surface area contributed by atoms with Crippen LogP contribution >= 0.6 is 34.0 Å². The molecule has 5 heterocycles. The molecule has 0 radical (unpaired) electrons. The summed E-state index contributed by atoms with van der Waals surface area (Å²) in [6.07, 6.45) is 3.75. The van der Waals surface area contributed by atoms with Crippen molar-refractivity contribution in [1.29, 1.82) is 0 Å². The van der Waals surface area contributed by atoms with Crippen molar-refractivity contribution in [1.82, 2.24) is 19.8 Å². The van der Waals surface area contributed by atoms with Crippen LogP contribution in [0.1, 0.15) is 111 Å². The molecule has 13 heteroatoms. The molecule has 8 rings (SSSR count). The van der Waals surface area contributed by atoms with E-state index in [1.165, 1.54) is 41.0 Å². The molecule has 0 aliphatic rings. The standard InChI is InChI=1S/C17H10NS.C15H8NS2.2C13H29N3.2Ir/c1-2-4-13-11-14(6-5-12(13)3-1)17-15-8-10-19-16(15)7-9-18-17;1-2-4-12-10(3-1)9-14(18-12)15-11-6-8-17-13(11)5-7-16-15;2*1-9(2)14-13(15-10(3)4)16(11(5)6)12(7)8;;/h1-5,7-11H;1-8H;2*9-13H,1-8H3;;/q2*-1;2*-2;2*+3. The molecular weight excluding hydrogens is 1290 g/mol. The number of nitrogens with zero attached hydrogens (tertiary/aromatic N) is 8. The number of hydrogen-bond donors (Lipinski definition) is 0. The van der Waals surface area contributed by atoms with Gasteiger partial charge in [0.15, 0.2) is 0 Å². The van der Waals surface area contributed by atoms with E-state index < -0.39 is 0 Å². The van der Waals surface area contributed by atoms with Crippen LogP contribution in [-0.2, 0) is 40.2 Å². The molecule has 0 bridgehead atoms. The van der Waals surface area contributed by atoms with Gasteiger partial charge in [0.1, 0.15) is 0 Å². The van der Waals surface area contributed by atoms with E-state index in [1.807, 2.05) is 30.6 Å². The molecule has 71 heavy (non-hydrogen) atoms. The monoisotopic (exact) mass is 1370 g/mol. The molecule has 0 fully saturated rings. The van der Waals surface area contributed by atoms with Gasteiger partial charge in [0.05, 0.1) is 0 Å². The summed E-state index contributed by atoms with van der Waals surface area (Å²) in [5.74, 6) is 0. The molecule has 8 nitrogen and oxygen atoms in total. The van der Waals surface area contributed by atoms with Crippen LogP contribution in [0, 0.1) is 12.1 Å². The Balaban J connectivity index is 0.000000249. The van der Waals surface area contributed by atoms with E-state index in [2.05, 4.69) is 220 Å². The summed E-state index contributed by atoms with van der Waals surface area (Å²) >= 11 is 5.25. The van der Waals surface area contributed by atoms with E-state index in [0.717, 1.165) is 21.8 Å². The zero-order chi connectivity index (χ0) is 50.4. The molecule has 0 atom stereocenters. The van der Waals surface area contributed by atoms with Gasteiger partial charge >= 0.3 is 40.2 Å². The fourth-order valence-corrected chi connectivity index (χ4v) is 10.8. The Morgan fingerprint density at radius 2 is 0.901 bits per heavy atom. The van der Waals surface area contributed by atoms with Gasteiger partial charge in [-0.25, -0.2) is 11.3 Å².